The first-order valence-electron chi connectivity index (χ1n) is 3.95. The van der Waals surface area contributed by atoms with Gasteiger partial charge < -0.3 is 9.94 Å². The summed E-state index contributed by atoms with van der Waals surface area (Å²) in [6.45, 7) is 0.423. The van der Waals surface area contributed by atoms with E-state index in [1.54, 1.807) is 17.8 Å². The van der Waals surface area contributed by atoms with Gasteiger partial charge in [0, 0.05) is 11.3 Å². The summed E-state index contributed by atoms with van der Waals surface area (Å²) in [6, 6.07) is 5.60. The van der Waals surface area contributed by atoms with E-state index in [1.807, 2.05) is 18.4 Å². The van der Waals surface area contributed by atoms with Gasteiger partial charge in [0.25, 0.3) is 0 Å². The van der Waals surface area contributed by atoms with Crippen LogP contribution in [0.1, 0.15) is 5.56 Å². The fourth-order valence-electron chi connectivity index (χ4n) is 1.05. The summed E-state index contributed by atoms with van der Waals surface area (Å²) >= 11 is 1.60. The Morgan fingerprint density at radius 1 is 1.54 bits per heavy atom. The van der Waals surface area contributed by atoms with Crippen molar-refractivity contribution in [2.24, 2.45) is 5.90 Å². The van der Waals surface area contributed by atoms with E-state index in [9.17, 15) is 5.11 Å². The normalized spacial score (nSPS) is 10.3. The molecule has 0 fully saturated rings. The summed E-state index contributed by atoms with van der Waals surface area (Å²) in [5.41, 5.74) is 0.864. The third-order valence-corrected chi connectivity index (χ3v) is 2.51. The molecule has 0 aliphatic heterocycles. The topological polar surface area (TPSA) is 55.5 Å². The van der Waals surface area contributed by atoms with E-state index in [-0.39, 0.29) is 0 Å². The molecule has 1 aromatic carbocycles. The Labute approximate surface area is 81.9 Å². The SMILES string of the molecule is CSc1ccc(CCON)c(O)c1. The zero-order valence-corrected chi connectivity index (χ0v) is 8.30. The number of rotatable bonds is 4. The number of aromatic hydroxyl groups is 1. The highest BCUT2D eigenvalue weighted by molar-refractivity contribution is 7.98. The van der Waals surface area contributed by atoms with Crippen molar-refractivity contribution in [2.45, 2.75) is 11.3 Å². The van der Waals surface area contributed by atoms with Crippen molar-refractivity contribution in [3.05, 3.63) is 23.8 Å². The van der Waals surface area contributed by atoms with Crippen LogP contribution in [0.25, 0.3) is 0 Å². The molecule has 3 N–H and O–H groups in total. The number of phenols is 1. The summed E-state index contributed by atoms with van der Waals surface area (Å²) in [5, 5.41) is 9.54. The molecule has 3 nitrogen and oxygen atoms in total. The average Bonchev–Trinajstić information content (AvgIpc) is 2.16. The molecular weight excluding hydrogens is 186 g/mol. The van der Waals surface area contributed by atoms with Gasteiger partial charge in [-0.1, -0.05) is 6.07 Å². The first-order valence-corrected chi connectivity index (χ1v) is 5.18. The standard InChI is InChI=1S/C9H13NO2S/c1-13-8-3-2-7(4-5-12-10)9(11)6-8/h2-3,6,11H,4-5,10H2,1H3. The van der Waals surface area contributed by atoms with Crippen molar-refractivity contribution < 1.29 is 9.94 Å². The minimum atomic E-state index is 0.309. The minimum absolute atomic E-state index is 0.309. The van der Waals surface area contributed by atoms with Crippen molar-refractivity contribution in [3.8, 4) is 5.75 Å². The number of benzene rings is 1. The number of thioether (sulfide) groups is 1. The van der Waals surface area contributed by atoms with Crippen LogP contribution in [0.2, 0.25) is 0 Å². The van der Waals surface area contributed by atoms with E-state index in [0.717, 1.165) is 10.5 Å². The smallest absolute Gasteiger partial charge is 0.119 e. The Morgan fingerprint density at radius 2 is 2.31 bits per heavy atom. The summed E-state index contributed by atoms with van der Waals surface area (Å²) < 4.78 is 0. The Hall–Kier alpha value is -0.710. The maximum atomic E-state index is 9.54. The fourth-order valence-corrected chi connectivity index (χ4v) is 1.48. The van der Waals surface area contributed by atoms with Gasteiger partial charge in [0.05, 0.1) is 6.61 Å². The lowest BCUT2D eigenvalue weighted by Gasteiger charge is -2.04. The van der Waals surface area contributed by atoms with Crippen LogP contribution in [0.15, 0.2) is 23.1 Å². The first kappa shape index (κ1) is 10.4. The van der Waals surface area contributed by atoms with Gasteiger partial charge in [-0.05, 0) is 24.0 Å². The van der Waals surface area contributed by atoms with Crippen molar-refractivity contribution >= 4 is 11.8 Å². The lowest BCUT2D eigenvalue weighted by molar-refractivity contribution is 0.140. The molecule has 0 bridgehead atoms. The lowest BCUT2D eigenvalue weighted by atomic mass is 10.1. The number of hydrogen-bond acceptors (Lipinski definition) is 4. The number of phenolic OH excluding ortho intramolecular Hbond substituents is 1. The molecule has 0 heterocycles. The van der Waals surface area contributed by atoms with Gasteiger partial charge >= 0.3 is 0 Å². The van der Waals surface area contributed by atoms with E-state index in [2.05, 4.69) is 4.84 Å². The van der Waals surface area contributed by atoms with Crippen molar-refractivity contribution in [1.82, 2.24) is 0 Å². The average molecular weight is 199 g/mol. The minimum Gasteiger partial charge on any atom is -0.508 e. The van der Waals surface area contributed by atoms with Crippen molar-refractivity contribution in [1.29, 1.82) is 0 Å². The summed E-state index contributed by atoms with van der Waals surface area (Å²) in [5.74, 6) is 5.21. The summed E-state index contributed by atoms with van der Waals surface area (Å²) in [4.78, 5) is 5.49. The molecule has 0 aliphatic carbocycles. The second-order valence-corrected chi connectivity index (χ2v) is 3.50. The zero-order chi connectivity index (χ0) is 9.68. The Balaban J connectivity index is 2.73. The number of hydrogen-bond donors (Lipinski definition) is 2. The van der Waals surface area contributed by atoms with Gasteiger partial charge in [-0.2, -0.15) is 0 Å². The molecule has 1 aromatic rings. The molecule has 0 saturated heterocycles. The molecule has 0 amide bonds. The molecule has 0 unspecified atom stereocenters. The fraction of sp³-hybridized carbons (Fsp3) is 0.333. The van der Waals surface area contributed by atoms with Crippen LogP contribution in [0, 0.1) is 0 Å². The molecule has 0 saturated carbocycles. The predicted molar refractivity (Wildman–Crippen MR) is 53.7 cm³/mol. The molecular formula is C9H13NO2S. The highest BCUT2D eigenvalue weighted by Crippen LogP contribution is 2.24. The second-order valence-electron chi connectivity index (χ2n) is 2.62. The molecule has 0 radical (unpaired) electrons. The maximum Gasteiger partial charge on any atom is 0.119 e. The van der Waals surface area contributed by atoms with E-state index < -0.39 is 0 Å². The molecule has 4 heteroatoms. The van der Waals surface area contributed by atoms with Gasteiger partial charge in [0.1, 0.15) is 5.75 Å². The van der Waals surface area contributed by atoms with Crippen LogP contribution in [-0.4, -0.2) is 18.0 Å². The molecule has 13 heavy (non-hydrogen) atoms. The highest BCUT2D eigenvalue weighted by Gasteiger charge is 2.01. The monoisotopic (exact) mass is 199 g/mol. The van der Waals surface area contributed by atoms with E-state index in [0.29, 0.717) is 18.8 Å². The third-order valence-electron chi connectivity index (χ3n) is 1.78. The van der Waals surface area contributed by atoms with Crippen molar-refractivity contribution in [3.63, 3.8) is 0 Å². The van der Waals surface area contributed by atoms with E-state index in [4.69, 9.17) is 5.90 Å². The van der Waals surface area contributed by atoms with Gasteiger partial charge in [0.15, 0.2) is 0 Å². The second kappa shape index (κ2) is 5.11. The van der Waals surface area contributed by atoms with Crippen LogP contribution in [0.3, 0.4) is 0 Å². The van der Waals surface area contributed by atoms with Crippen LogP contribution in [-0.2, 0) is 11.3 Å². The molecule has 0 aromatic heterocycles. The number of nitrogens with two attached hydrogens (primary N) is 1. The quantitative estimate of drug-likeness (QED) is 0.570. The third kappa shape index (κ3) is 2.91. The molecule has 0 aliphatic rings. The molecule has 0 spiro atoms. The molecule has 72 valence electrons. The van der Waals surface area contributed by atoms with Crippen LogP contribution < -0.4 is 5.90 Å². The van der Waals surface area contributed by atoms with E-state index >= 15 is 0 Å². The largest absolute Gasteiger partial charge is 0.508 e. The summed E-state index contributed by atoms with van der Waals surface area (Å²) in [7, 11) is 0. The van der Waals surface area contributed by atoms with Gasteiger partial charge in [-0.15, -0.1) is 11.8 Å². The van der Waals surface area contributed by atoms with Crippen molar-refractivity contribution in [2.75, 3.05) is 12.9 Å². The lowest BCUT2D eigenvalue weighted by Crippen LogP contribution is -2.03. The molecule has 1 rings (SSSR count). The maximum absolute atomic E-state index is 9.54. The Bertz CT molecular complexity index is 278. The highest BCUT2D eigenvalue weighted by atomic mass is 32.2. The van der Waals surface area contributed by atoms with Gasteiger partial charge in [-0.25, -0.2) is 5.90 Å². The molecule has 0 atom stereocenters. The first-order chi connectivity index (χ1) is 6.27. The summed E-state index contributed by atoms with van der Waals surface area (Å²) in [6.07, 6.45) is 2.61. The Morgan fingerprint density at radius 3 is 2.85 bits per heavy atom. The Kier molecular flexibility index (Phi) is 4.08. The van der Waals surface area contributed by atoms with Crippen LogP contribution in [0.4, 0.5) is 0 Å². The predicted octanol–water partition coefficient (Wildman–Crippen LogP) is 1.55. The van der Waals surface area contributed by atoms with Crippen LogP contribution >= 0.6 is 11.8 Å². The van der Waals surface area contributed by atoms with Gasteiger partial charge in [0.2, 0.25) is 0 Å². The van der Waals surface area contributed by atoms with Gasteiger partial charge in [-0.3, -0.25) is 0 Å². The van der Waals surface area contributed by atoms with Crippen LogP contribution in [0.5, 0.6) is 5.75 Å². The zero-order valence-electron chi connectivity index (χ0n) is 7.49. The van der Waals surface area contributed by atoms with E-state index in [1.165, 1.54) is 0 Å².